The summed E-state index contributed by atoms with van der Waals surface area (Å²) >= 11 is 5.77. The molecule has 0 unspecified atom stereocenters. The van der Waals surface area contributed by atoms with Gasteiger partial charge in [-0.3, -0.25) is 0 Å². The zero-order valence-corrected chi connectivity index (χ0v) is 9.36. The molecule has 5 nitrogen and oxygen atoms in total. The summed E-state index contributed by atoms with van der Waals surface area (Å²) in [6.45, 7) is 1.96. The minimum atomic E-state index is 0.226. The first kappa shape index (κ1) is 10.6. The fraction of sp³-hybridized carbons (Fsp3) is 0.100. The topological polar surface area (TPSA) is 76.7 Å². The monoisotopic (exact) mass is 235 g/mol. The van der Waals surface area contributed by atoms with Gasteiger partial charge in [0.25, 0.3) is 0 Å². The van der Waals surface area contributed by atoms with E-state index in [4.69, 9.17) is 17.3 Å². The molecule has 0 radical (unpaired) electrons. The van der Waals surface area contributed by atoms with Crippen molar-refractivity contribution in [3.05, 3.63) is 35.4 Å². The Balaban J connectivity index is 2.27. The van der Waals surface area contributed by atoms with Crippen molar-refractivity contribution in [1.82, 2.24) is 15.0 Å². The number of aromatic nitrogens is 3. The molecule has 82 valence electrons. The van der Waals surface area contributed by atoms with E-state index in [1.54, 1.807) is 6.20 Å². The third kappa shape index (κ3) is 2.20. The van der Waals surface area contributed by atoms with Crippen LogP contribution in [0.2, 0.25) is 5.15 Å². The van der Waals surface area contributed by atoms with Crippen molar-refractivity contribution in [2.24, 2.45) is 0 Å². The Labute approximate surface area is 97.7 Å². The van der Waals surface area contributed by atoms with Crippen molar-refractivity contribution in [2.45, 2.75) is 6.92 Å². The summed E-state index contributed by atoms with van der Waals surface area (Å²) in [5, 5.41) is 3.20. The normalized spacial score (nSPS) is 10.1. The molecule has 2 rings (SSSR count). The van der Waals surface area contributed by atoms with E-state index in [2.05, 4.69) is 20.3 Å². The predicted molar refractivity (Wildman–Crippen MR) is 63.7 cm³/mol. The number of pyridine rings is 1. The van der Waals surface area contributed by atoms with Crippen LogP contribution in [0.4, 0.5) is 17.3 Å². The van der Waals surface area contributed by atoms with E-state index in [9.17, 15) is 0 Å². The Bertz CT molecular complexity index is 497. The number of halogens is 1. The summed E-state index contributed by atoms with van der Waals surface area (Å²) in [4.78, 5) is 11.9. The molecule has 0 aliphatic rings. The summed E-state index contributed by atoms with van der Waals surface area (Å²) in [6.07, 6.45) is 3.09. The van der Waals surface area contributed by atoms with Crippen LogP contribution in [0.15, 0.2) is 24.7 Å². The summed E-state index contributed by atoms with van der Waals surface area (Å²) < 4.78 is 0. The Morgan fingerprint density at radius 3 is 2.75 bits per heavy atom. The second kappa shape index (κ2) is 4.32. The van der Waals surface area contributed by atoms with E-state index in [1.807, 2.05) is 19.1 Å². The molecule has 0 spiro atoms. The number of hydrogen-bond donors (Lipinski definition) is 2. The Morgan fingerprint density at radius 2 is 2.06 bits per heavy atom. The Morgan fingerprint density at radius 1 is 1.25 bits per heavy atom. The number of hydrogen-bond acceptors (Lipinski definition) is 5. The van der Waals surface area contributed by atoms with Crippen LogP contribution >= 0.6 is 11.6 Å². The predicted octanol–water partition coefficient (Wildman–Crippen LogP) is 2.16. The quantitative estimate of drug-likeness (QED) is 0.780. The van der Waals surface area contributed by atoms with Crippen molar-refractivity contribution in [3.8, 4) is 0 Å². The smallest absolute Gasteiger partial charge is 0.159 e. The molecule has 16 heavy (non-hydrogen) atoms. The van der Waals surface area contributed by atoms with Gasteiger partial charge in [-0.1, -0.05) is 17.7 Å². The van der Waals surface area contributed by atoms with Gasteiger partial charge >= 0.3 is 0 Å². The summed E-state index contributed by atoms with van der Waals surface area (Å²) in [5.74, 6) is 1.11. The van der Waals surface area contributed by atoms with Gasteiger partial charge in [-0.15, -0.1) is 0 Å². The largest absolute Gasteiger partial charge is 0.393 e. The minimum absolute atomic E-state index is 0.226. The van der Waals surface area contributed by atoms with Crippen molar-refractivity contribution in [3.63, 3.8) is 0 Å². The molecular formula is C10H10ClN5. The van der Waals surface area contributed by atoms with Crippen molar-refractivity contribution in [2.75, 3.05) is 11.1 Å². The lowest BCUT2D eigenvalue weighted by molar-refractivity contribution is 1.16. The van der Waals surface area contributed by atoms with Gasteiger partial charge in [0.15, 0.2) is 11.0 Å². The molecular weight excluding hydrogens is 226 g/mol. The minimum Gasteiger partial charge on any atom is -0.393 e. The van der Waals surface area contributed by atoms with Gasteiger partial charge in [-0.05, 0) is 18.6 Å². The van der Waals surface area contributed by atoms with Crippen LogP contribution in [0.3, 0.4) is 0 Å². The maximum atomic E-state index is 5.77. The number of anilines is 3. The van der Waals surface area contributed by atoms with Crippen LogP contribution in [0.5, 0.6) is 0 Å². The fourth-order valence-electron chi connectivity index (χ4n) is 1.14. The summed E-state index contributed by atoms with van der Waals surface area (Å²) in [5.41, 5.74) is 7.11. The molecule has 0 amide bonds. The molecule has 2 aromatic heterocycles. The van der Waals surface area contributed by atoms with Crippen LogP contribution in [-0.2, 0) is 0 Å². The second-order valence-electron chi connectivity index (χ2n) is 3.27. The van der Waals surface area contributed by atoms with E-state index in [0.29, 0.717) is 17.3 Å². The van der Waals surface area contributed by atoms with E-state index < -0.39 is 0 Å². The highest BCUT2D eigenvalue weighted by Crippen LogP contribution is 2.24. The maximum Gasteiger partial charge on any atom is 0.159 e. The van der Waals surface area contributed by atoms with E-state index >= 15 is 0 Å². The molecule has 2 heterocycles. The fourth-order valence-corrected chi connectivity index (χ4v) is 1.27. The number of rotatable bonds is 2. The second-order valence-corrected chi connectivity index (χ2v) is 3.63. The number of nitrogens with one attached hydrogen (secondary N) is 1. The average Bonchev–Trinajstić information content (AvgIpc) is 2.28. The summed E-state index contributed by atoms with van der Waals surface area (Å²) in [7, 11) is 0. The molecule has 0 saturated carbocycles. The van der Waals surface area contributed by atoms with E-state index in [1.165, 1.54) is 6.33 Å². The molecule has 0 atom stereocenters. The lowest BCUT2D eigenvalue weighted by Gasteiger charge is -2.07. The molecule has 0 bridgehead atoms. The highest BCUT2D eigenvalue weighted by molar-refractivity contribution is 6.32. The van der Waals surface area contributed by atoms with Crippen molar-refractivity contribution >= 4 is 28.9 Å². The molecule has 0 aromatic carbocycles. The standard InChI is InChI=1S/C10H10ClN5/c1-6-2-3-7(13-4-6)16-10-8(12)9(11)14-5-15-10/h2-5H,12H2,1H3,(H,13,14,15,16). The van der Waals surface area contributed by atoms with Crippen LogP contribution in [0.1, 0.15) is 5.56 Å². The molecule has 6 heteroatoms. The van der Waals surface area contributed by atoms with Crippen molar-refractivity contribution in [1.29, 1.82) is 0 Å². The highest BCUT2D eigenvalue weighted by atomic mass is 35.5. The van der Waals surface area contributed by atoms with Crippen LogP contribution in [-0.4, -0.2) is 15.0 Å². The maximum absolute atomic E-state index is 5.77. The van der Waals surface area contributed by atoms with Crippen LogP contribution < -0.4 is 11.1 Å². The van der Waals surface area contributed by atoms with Crippen molar-refractivity contribution < 1.29 is 0 Å². The molecule has 2 aromatic rings. The first-order valence-corrected chi connectivity index (χ1v) is 5.00. The lowest BCUT2D eigenvalue weighted by atomic mass is 10.3. The zero-order chi connectivity index (χ0) is 11.5. The first-order valence-electron chi connectivity index (χ1n) is 4.62. The zero-order valence-electron chi connectivity index (χ0n) is 8.61. The number of nitrogen functional groups attached to an aromatic ring is 1. The van der Waals surface area contributed by atoms with Gasteiger partial charge in [0.05, 0.1) is 0 Å². The molecule has 0 fully saturated rings. The highest BCUT2D eigenvalue weighted by Gasteiger charge is 2.06. The number of nitrogens with zero attached hydrogens (tertiary/aromatic N) is 3. The van der Waals surface area contributed by atoms with Gasteiger partial charge in [0.1, 0.15) is 17.8 Å². The number of nitrogens with two attached hydrogens (primary N) is 1. The number of aryl methyl sites for hydroxylation is 1. The van der Waals surface area contributed by atoms with Crippen LogP contribution in [0.25, 0.3) is 0 Å². The third-order valence-corrected chi connectivity index (χ3v) is 2.29. The molecule has 0 saturated heterocycles. The van der Waals surface area contributed by atoms with Gasteiger partial charge < -0.3 is 11.1 Å². The Hall–Kier alpha value is -1.88. The van der Waals surface area contributed by atoms with Gasteiger partial charge in [0.2, 0.25) is 0 Å². The average molecular weight is 236 g/mol. The van der Waals surface area contributed by atoms with Gasteiger partial charge in [-0.2, -0.15) is 0 Å². The first-order chi connectivity index (χ1) is 7.66. The van der Waals surface area contributed by atoms with Gasteiger partial charge in [-0.25, -0.2) is 15.0 Å². The molecule has 3 N–H and O–H groups in total. The van der Waals surface area contributed by atoms with Crippen LogP contribution in [0, 0.1) is 6.92 Å². The van der Waals surface area contributed by atoms with E-state index in [0.717, 1.165) is 5.56 Å². The summed E-state index contributed by atoms with van der Waals surface area (Å²) in [6, 6.07) is 3.78. The third-order valence-electron chi connectivity index (χ3n) is 1.99. The Kier molecular flexibility index (Phi) is 2.87. The van der Waals surface area contributed by atoms with E-state index in [-0.39, 0.29) is 5.15 Å². The molecule has 0 aliphatic heterocycles. The lowest BCUT2D eigenvalue weighted by Crippen LogP contribution is -2.02. The molecule has 0 aliphatic carbocycles. The SMILES string of the molecule is Cc1ccc(Nc2ncnc(Cl)c2N)nc1. The van der Waals surface area contributed by atoms with Gasteiger partial charge in [0, 0.05) is 6.20 Å².